The molecule has 0 bridgehead atoms. The standard InChI is InChI=1S/C15H15Cl2NO2/c1-9-5-12(10(2)20-9)8-18-15(19)7-11-6-13(16)3-4-14(11)17/h3-6H,7-8H2,1-2H3,(H,18,19). The molecule has 0 spiro atoms. The molecule has 0 fully saturated rings. The molecule has 106 valence electrons. The van der Waals surface area contributed by atoms with E-state index in [-0.39, 0.29) is 12.3 Å². The van der Waals surface area contributed by atoms with Crippen molar-refractivity contribution in [1.82, 2.24) is 5.32 Å². The average molecular weight is 312 g/mol. The van der Waals surface area contributed by atoms with Crippen LogP contribution in [0.25, 0.3) is 0 Å². The Morgan fingerprint density at radius 2 is 1.95 bits per heavy atom. The zero-order valence-electron chi connectivity index (χ0n) is 11.3. The van der Waals surface area contributed by atoms with Crippen LogP contribution in [0.15, 0.2) is 28.7 Å². The smallest absolute Gasteiger partial charge is 0.224 e. The summed E-state index contributed by atoms with van der Waals surface area (Å²) < 4.78 is 5.41. The van der Waals surface area contributed by atoms with E-state index < -0.39 is 0 Å². The summed E-state index contributed by atoms with van der Waals surface area (Å²) in [5.41, 5.74) is 1.70. The maximum absolute atomic E-state index is 11.9. The first-order chi connectivity index (χ1) is 9.45. The third-order valence-corrected chi connectivity index (χ3v) is 3.58. The first kappa shape index (κ1) is 14.9. The van der Waals surface area contributed by atoms with E-state index in [0.29, 0.717) is 16.6 Å². The van der Waals surface area contributed by atoms with Crippen molar-refractivity contribution in [3.8, 4) is 0 Å². The Balaban J connectivity index is 1.96. The highest BCUT2D eigenvalue weighted by molar-refractivity contribution is 6.33. The Morgan fingerprint density at radius 3 is 2.60 bits per heavy atom. The van der Waals surface area contributed by atoms with E-state index in [4.69, 9.17) is 27.6 Å². The monoisotopic (exact) mass is 311 g/mol. The van der Waals surface area contributed by atoms with Crippen LogP contribution in [0.4, 0.5) is 0 Å². The van der Waals surface area contributed by atoms with E-state index in [9.17, 15) is 4.79 Å². The lowest BCUT2D eigenvalue weighted by molar-refractivity contribution is -0.120. The molecule has 1 amide bonds. The quantitative estimate of drug-likeness (QED) is 0.925. The van der Waals surface area contributed by atoms with Gasteiger partial charge in [0.1, 0.15) is 11.5 Å². The first-order valence-corrected chi connectivity index (χ1v) is 6.98. The van der Waals surface area contributed by atoms with Crippen molar-refractivity contribution < 1.29 is 9.21 Å². The van der Waals surface area contributed by atoms with Gasteiger partial charge in [-0.15, -0.1) is 0 Å². The zero-order chi connectivity index (χ0) is 14.7. The van der Waals surface area contributed by atoms with E-state index in [2.05, 4.69) is 5.32 Å². The molecular weight excluding hydrogens is 297 g/mol. The minimum absolute atomic E-state index is 0.104. The van der Waals surface area contributed by atoms with Gasteiger partial charge in [-0.1, -0.05) is 23.2 Å². The fourth-order valence-electron chi connectivity index (χ4n) is 1.97. The molecule has 2 aromatic rings. The summed E-state index contributed by atoms with van der Waals surface area (Å²) in [7, 11) is 0. The van der Waals surface area contributed by atoms with Gasteiger partial charge in [-0.25, -0.2) is 0 Å². The minimum atomic E-state index is -0.104. The van der Waals surface area contributed by atoms with Crippen molar-refractivity contribution in [3.63, 3.8) is 0 Å². The molecule has 5 heteroatoms. The van der Waals surface area contributed by atoms with Crippen molar-refractivity contribution in [2.75, 3.05) is 0 Å². The Kier molecular flexibility index (Phi) is 4.73. The van der Waals surface area contributed by atoms with Crippen LogP contribution in [0.1, 0.15) is 22.6 Å². The van der Waals surface area contributed by atoms with Gasteiger partial charge in [-0.05, 0) is 43.7 Å². The van der Waals surface area contributed by atoms with Crippen molar-refractivity contribution in [2.24, 2.45) is 0 Å². The van der Waals surface area contributed by atoms with Crippen LogP contribution in [-0.2, 0) is 17.8 Å². The lowest BCUT2D eigenvalue weighted by atomic mass is 10.1. The fraction of sp³-hybridized carbons (Fsp3) is 0.267. The number of nitrogens with one attached hydrogen (secondary N) is 1. The number of rotatable bonds is 4. The highest BCUT2D eigenvalue weighted by atomic mass is 35.5. The Bertz CT molecular complexity index is 635. The Labute approximate surface area is 127 Å². The summed E-state index contributed by atoms with van der Waals surface area (Å²) in [5, 5.41) is 3.96. The highest BCUT2D eigenvalue weighted by Gasteiger charge is 2.10. The SMILES string of the molecule is Cc1cc(CNC(=O)Cc2cc(Cl)ccc2Cl)c(C)o1. The summed E-state index contributed by atoms with van der Waals surface area (Å²) in [6.45, 7) is 4.20. The molecule has 0 aliphatic carbocycles. The van der Waals surface area contributed by atoms with Gasteiger partial charge in [0.2, 0.25) is 5.91 Å². The third-order valence-electron chi connectivity index (χ3n) is 2.98. The zero-order valence-corrected chi connectivity index (χ0v) is 12.8. The van der Waals surface area contributed by atoms with Gasteiger partial charge in [0, 0.05) is 22.2 Å². The van der Waals surface area contributed by atoms with Crippen LogP contribution in [0.2, 0.25) is 10.0 Å². The maximum Gasteiger partial charge on any atom is 0.224 e. The number of carbonyl (C=O) groups is 1. The van der Waals surface area contributed by atoms with Crippen molar-refractivity contribution in [1.29, 1.82) is 0 Å². The number of hydrogen-bond acceptors (Lipinski definition) is 2. The van der Waals surface area contributed by atoms with E-state index >= 15 is 0 Å². The van der Waals surface area contributed by atoms with E-state index in [1.54, 1.807) is 18.2 Å². The summed E-state index contributed by atoms with van der Waals surface area (Å²) in [5.74, 6) is 1.56. The summed E-state index contributed by atoms with van der Waals surface area (Å²) in [4.78, 5) is 11.9. The van der Waals surface area contributed by atoms with Gasteiger partial charge in [-0.3, -0.25) is 4.79 Å². The van der Waals surface area contributed by atoms with Crippen LogP contribution in [0.5, 0.6) is 0 Å². The molecule has 0 unspecified atom stereocenters. The summed E-state index contributed by atoms with van der Waals surface area (Å²) in [6, 6.07) is 7.01. The molecule has 0 radical (unpaired) electrons. The average Bonchev–Trinajstić information content (AvgIpc) is 2.70. The summed E-state index contributed by atoms with van der Waals surface area (Å²) >= 11 is 11.9. The van der Waals surface area contributed by atoms with Crippen molar-refractivity contribution >= 4 is 29.1 Å². The fourth-order valence-corrected chi connectivity index (χ4v) is 2.35. The molecule has 20 heavy (non-hydrogen) atoms. The predicted octanol–water partition coefficient (Wildman–Crippen LogP) is 4.06. The molecule has 0 saturated carbocycles. The second-order valence-electron chi connectivity index (χ2n) is 4.63. The first-order valence-electron chi connectivity index (χ1n) is 6.22. The summed E-state index contributed by atoms with van der Waals surface area (Å²) in [6.07, 6.45) is 0.204. The van der Waals surface area contributed by atoms with E-state index in [1.807, 2.05) is 19.9 Å². The van der Waals surface area contributed by atoms with Gasteiger partial charge in [0.15, 0.2) is 0 Å². The molecule has 0 atom stereocenters. The molecular formula is C15H15Cl2NO2. The molecule has 1 N–H and O–H groups in total. The molecule has 2 rings (SSSR count). The Morgan fingerprint density at radius 1 is 1.20 bits per heavy atom. The van der Waals surface area contributed by atoms with Gasteiger partial charge in [0.25, 0.3) is 0 Å². The normalized spacial score (nSPS) is 10.6. The van der Waals surface area contributed by atoms with Crippen LogP contribution in [-0.4, -0.2) is 5.91 Å². The third kappa shape index (κ3) is 3.78. The largest absolute Gasteiger partial charge is 0.466 e. The lowest BCUT2D eigenvalue weighted by Gasteiger charge is -2.06. The molecule has 0 aliphatic rings. The van der Waals surface area contributed by atoms with Crippen LogP contribution >= 0.6 is 23.2 Å². The number of halogens is 2. The number of benzene rings is 1. The van der Waals surface area contributed by atoms with Crippen molar-refractivity contribution in [3.05, 3.63) is 57.0 Å². The second-order valence-corrected chi connectivity index (χ2v) is 5.47. The topological polar surface area (TPSA) is 42.2 Å². The number of amides is 1. The molecule has 1 aromatic carbocycles. The van der Waals surface area contributed by atoms with E-state index in [1.165, 1.54) is 0 Å². The van der Waals surface area contributed by atoms with Gasteiger partial charge >= 0.3 is 0 Å². The molecule has 1 heterocycles. The molecule has 0 saturated heterocycles. The van der Waals surface area contributed by atoms with Gasteiger partial charge in [0.05, 0.1) is 6.42 Å². The minimum Gasteiger partial charge on any atom is -0.466 e. The van der Waals surface area contributed by atoms with Gasteiger partial charge in [-0.2, -0.15) is 0 Å². The van der Waals surface area contributed by atoms with Crippen molar-refractivity contribution in [2.45, 2.75) is 26.8 Å². The Hall–Kier alpha value is -1.45. The van der Waals surface area contributed by atoms with Gasteiger partial charge < -0.3 is 9.73 Å². The number of carbonyl (C=O) groups excluding carboxylic acids is 1. The van der Waals surface area contributed by atoms with E-state index in [0.717, 1.165) is 22.6 Å². The van der Waals surface area contributed by atoms with Crippen LogP contribution < -0.4 is 5.32 Å². The van der Waals surface area contributed by atoms with Crippen LogP contribution in [0.3, 0.4) is 0 Å². The van der Waals surface area contributed by atoms with Crippen LogP contribution in [0, 0.1) is 13.8 Å². The molecule has 0 aliphatic heterocycles. The lowest BCUT2D eigenvalue weighted by Crippen LogP contribution is -2.24. The second kappa shape index (κ2) is 6.33. The number of aryl methyl sites for hydroxylation is 2. The number of hydrogen-bond donors (Lipinski definition) is 1. The number of furan rings is 1. The highest BCUT2D eigenvalue weighted by Crippen LogP contribution is 2.21. The maximum atomic E-state index is 11.9. The molecule has 3 nitrogen and oxygen atoms in total. The molecule has 1 aromatic heterocycles. The predicted molar refractivity (Wildman–Crippen MR) is 80.2 cm³/mol.